The molecule has 1 unspecified atom stereocenters. The predicted molar refractivity (Wildman–Crippen MR) is 89.0 cm³/mol. The second kappa shape index (κ2) is 7.06. The second-order valence-corrected chi connectivity index (χ2v) is 5.80. The Hall–Kier alpha value is -1.99. The van der Waals surface area contributed by atoms with Gasteiger partial charge in [-0.15, -0.1) is 0 Å². The summed E-state index contributed by atoms with van der Waals surface area (Å²) in [6, 6.07) is 1.94. The molecule has 0 aliphatic carbocycles. The molecule has 1 aliphatic heterocycles. The molecule has 2 aromatic rings. The van der Waals surface area contributed by atoms with Crippen LogP contribution in [0.4, 0.5) is 11.9 Å². The van der Waals surface area contributed by atoms with Crippen molar-refractivity contribution in [2.24, 2.45) is 0 Å². The molecule has 1 aliphatic rings. The number of hydrogen-bond acceptors (Lipinski definition) is 7. The Labute approximate surface area is 140 Å². The van der Waals surface area contributed by atoms with E-state index < -0.39 is 0 Å². The maximum atomic E-state index is 6.12. The van der Waals surface area contributed by atoms with Gasteiger partial charge in [-0.2, -0.15) is 0 Å². The first kappa shape index (κ1) is 15.9. The summed E-state index contributed by atoms with van der Waals surface area (Å²) in [5.41, 5.74) is 0.875. The molecule has 0 saturated carbocycles. The van der Waals surface area contributed by atoms with Crippen LogP contribution in [-0.2, 0) is 4.74 Å². The number of nitrogens with zero attached hydrogens (tertiary/aromatic N) is 6. The molecule has 0 radical (unpaired) electrons. The maximum absolute atomic E-state index is 6.12. The highest BCUT2D eigenvalue weighted by Gasteiger charge is 2.30. The van der Waals surface area contributed by atoms with Gasteiger partial charge < -0.3 is 14.5 Å². The van der Waals surface area contributed by atoms with Crippen molar-refractivity contribution >= 4 is 23.5 Å². The Morgan fingerprint density at radius 1 is 1.22 bits per heavy atom. The first-order chi connectivity index (χ1) is 11.2. The zero-order valence-corrected chi connectivity index (χ0v) is 13.9. The SMILES string of the molecule is COCC1CN(c2ncc(C)c(Cl)n2)CCN1c1ncccn1. The van der Waals surface area contributed by atoms with Crippen LogP contribution in [-0.4, -0.2) is 59.3 Å². The molecule has 0 N–H and O–H groups in total. The summed E-state index contributed by atoms with van der Waals surface area (Å²) in [6.45, 7) is 4.75. The van der Waals surface area contributed by atoms with Gasteiger partial charge in [0.1, 0.15) is 5.15 Å². The number of methoxy groups -OCH3 is 1. The van der Waals surface area contributed by atoms with E-state index in [1.807, 2.05) is 13.0 Å². The highest BCUT2D eigenvalue weighted by molar-refractivity contribution is 6.30. The van der Waals surface area contributed by atoms with Crippen molar-refractivity contribution in [2.45, 2.75) is 13.0 Å². The molecule has 122 valence electrons. The van der Waals surface area contributed by atoms with Crippen molar-refractivity contribution in [1.29, 1.82) is 0 Å². The van der Waals surface area contributed by atoms with E-state index in [4.69, 9.17) is 16.3 Å². The van der Waals surface area contributed by atoms with E-state index in [1.54, 1.807) is 25.7 Å². The zero-order valence-electron chi connectivity index (χ0n) is 13.2. The van der Waals surface area contributed by atoms with E-state index in [0.29, 0.717) is 17.7 Å². The Balaban J connectivity index is 1.79. The van der Waals surface area contributed by atoms with E-state index in [-0.39, 0.29) is 6.04 Å². The molecule has 0 aromatic carbocycles. The lowest BCUT2D eigenvalue weighted by Crippen LogP contribution is -2.56. The van der Waals surface area contributed by atoms with Crippen molar-refractivity contribution in [2.75, 3.05) is 43.2 Å². The summed E-state index contributed by atoms with van der Waals surface area (Å²) in [4.78, 5) is 21.7. The van der Waals surface area contributed by atoms with Crippen LogP contribution < -0.4 is 9.80 Å². The third-order valence-electron chi connectivity index (χ3n) is 3.83. The standard InChI is InChI=1S/C15H19ClN6O/c1-11-8-19-15(20-13(11)16)21-6-7-22(12(9-21)10-23-2)14-17-4-3-5-18-14/h3-5,8,12H,6-7,9-10H2,1-2H3. The number of aromatic nitrogens is 4. The number of aryl methyl sites for hydroxylation is 1. The number of piperazine rings is 1. The summed E-state index contributed by atoms with van der Waals surface area (Å²) < 4.78 is 5.37. The fraction of sp³-hybridized carbons (Fsp3) is 0.467. The van der Waals surface area contributed by atoms with Crippen molar-refractivity contribution < 1.29 is 4.74 Å². The smallest absolute Gasteiger partial charge is 0.226 e. The molecular formula is C15H19ClN6O. The molecule has 7 nitrogen and oxygen atoms in total. The van der Waals surface area contributed by atoms with Gasteiger partial charge >= 0.3 is 0 Å². The van der Waals surface area contributed by atoms with Crippen LogP contribution >= 0.6 is 11.6 Å². The van der Waals surface area contributed by atoms with Gasteiger partial charge in [-0.25, -0.2) is 19.9 Å². The molecule has 1 atom stereocenters. The average molecular weight is 335 g/mol. The third-order valence-corrected chi connectivity index (χ3v) is 4.21. The van der Waals surface area contributed by atoms with Gasteiger partial charge in [-0.05, 0) is 13.0 Å². The molecule has 8 heteroatoms. The Morgan fingerprint density at radius 3 is 2.70 bits per heavy atom. The lowest BCUT2D eigenvalue weighted by atomic mass is 10.2. The highest BCUT2D eigenvalue weighted by Crippen LogP contribution is 2.21. The molecule has 1 fully saturated rings. The Kier molecular flexibility index (Phi) is 4.88. The number of ether oxygens (including phenoxy) is 1. The van der Waals surface area contributed by atoms with Gasteiger partial charge in [-0.3, -0.25) is 0 Å². The fourth-order valence-corrected chi connectivity index (χ4v) is 2.76. The van der Waals surface area contributed by atoms with Crippen LogP contribution in [0, 0.1) is 6.92 Å². The molecule has 3 rings (SSSR count). The third kappa shape index (κ3) is 3.51. The first-order valence-electron chi connectivity index (χ1n) is 7.45. The minimum atomic E-state index is 0.125. The summed E-state index contributed by atoms with van der Waals surface area (Å²) in [5, 5.41) is 0.493. The number of halogens is 1. The Bertz CT molecular complexity index is 656. The first-order valence-corrected chi connectivity index (χ1v) is 7.83. The monoisotopic (exact) mass is 334 g/mol. The lowest BCUT2D eigenvalue weighted by molar-refractivity contribution is 0.173. The molecule has 23 heavy (non-hydrogen) atoms. The molecule has 3 heterocycles. The minimum absolute atomic E-state index is 0.125. The molecule has 1 saturated heterocycles. The molecule has 2 aromatic heterocycles. The van der Waals surface area contributed by atoms with Crippen molar-refractivity contribution in [3.63, 3.8) is 0 Å². The van der Waals surface area contributed by atoms with Crippen molar-refractivity contribution in [1.82, 2.24) is 19.9 Å². The summed E-state index contributed by atoms with van der Waals surface area (Å²) in [6.07, 6.45) is 5.26. The van der Waals surface area contributed by atoms with Gasteiger partial charge in [0, 0.05) is 50.9 Å². The van der Waals surface area contributed by atoms with Crippen LogP contribution in [0.3, 0.4) is 0 Å². The van der Waals surface area contributed by atoms with E-state index >= 15 is 0 Å². The van der Waals surface area contributed by atoms with Crippen LogP contribution in [0.15, 0.2) is 24.7 Å². The predicted octanol–water partition coefficient (Wildman–Crippen LogP) is 1.57. The van der Waals surface area contributed by atoms with Crippen LogP contribution in [0.2, 0.25) is 5.15 Å². The van der Waals surface area contributed by atoms with Gasteiger partial charge in [0.05, 0.1) is 12.6 Å². The minimum Gasteiger partial charge on any atom is -0.382 e. The molecular weight excluding hydrogens is 316 g/mol. The summed E-state index contributed by atoms with van der Waals surface area (Å²) in [5.74, 6) is 1.37. The van der Waals surface area contributed by atoms with Crippen molar-refractivity contribution in [3.05, 3.63) is 35.4 Å². The van der Waals surface area contributed by atoms with E-state index in [1.165, 1.54) is 0 Å². The summed E-state index contributed by atoms with van der Waals surface area (Å²) >= 11 is 6.12. The normalized spacial score (nSPS) is 18.3. The van der Waals surface area contributed by atoms with Crippen LogP contribution in [0.5, 0.6) is 0 Å². The summed E-state index contributed by atoms with van der Waals surface area (Å²) in [7, 11) is 1.70. The largest absolute Gasteiger partial charge is 0.382 e. The molecule has 0 spiro atoms. The number of anilines is 2. The van der Waals surface area contributed by atoms with E-state index in [0.717, 1.165) is 31.1 Å². The van der Waals surface area contributed by atoms with E-state index in [2.05, 4.69) is 29.7 Å². The quantitative estimate of drug-likeness (QED) is 0.786. The fourth-order valence-electron chi connectivity index (χ4n) is 2.64. The van der Waals surface area contributed by atoms with Gasteiger partial charge in [0.2, 0.25) is 11.9 Å². The number of hydrogen-bond donors (Lipinski definition) is 0. The molecule has 0 bridgehead atoms. The molecule has 0 amide bonds. The number of rotatable bonds is 4. The van der Waals surface area contributed by atoms with Crippen LogP contribution in [0.25, 0.3) is 0 Å². The van der Waals surface area contributed by atoms with Gasteiger partial charge in [0.15, 0.2) is 0 Å². The Morgan fingerprint density at radius 2 is 2.00 bits per heavy atom. The van der Waals surface area contributed by atoms with Gasteiger partial charge in [0.25, 0.3) is 0 Å². The highest BCUT2D eigenvalue weighted by atomic mass is 35.5. The maximum Gasteiger partial charge on any atom is 0.226 e. The van der Waals surface area contributed by atoms with E-state index in [9.17, 15) is 0 Å². The zero-order chi connectivity index (χ0) is 16.2. The average Bonchev–Trinajstić information content (AvgIpc) is 2.58. The van der Waals surface area contributed by atoms with Crippen LogP contribution in [0.1, 0.15) is 5.56 Å². The lowest BCUT2D eigenvalue weighted by Gasteiger charge is -2.41. The second-order valence-electron chi connectivity index (χ2n) is 5.44. The van der Waals surface area contributed by atoms with Gasteiger partial charge in [-0.1, -0.05) is 11.6 Å². The topological polar surface area (TPSA) is 67.3 Å². The van der Waals surface area contributed by atoms with Crippen molar-refractivity contribution in [3.8, 4) is 0 Å².